The summed E-state index contributed by atoms with van der Waals surface area (Å²) in [5.41, 5.74) is -1.12. The molecule has 0 atom stereocenters. The number of carboxylic acid groups (broad SMARTS) is 1. The first kappa shape index (κ1) is 15.7. The molecule has 110 valence electrons. The number of nitrogens with one attached hydrogen (secondary N) is 2. The Hall–Kier alpha value is -2.38. The van der Waals surface area contributed by atoms with Crippen molar-refractivity contribution >= 4 is 17.7 Å². The number of carbonyl (C=O) groups is 2. The van der Waals surface area contributed by atoms with Gasteiger partial charge >= 0.3 is 18.6 Å². The van der Waals surface area contributed by atoms with Crippen molar-refractivity contribution in [2.45, 2.75) is 26.0 Å². The van der Waals surface area contributed by atoms with Gasteiger partial charge in [-0.05, 0) is 38.1 Å². The van der Waals surface area contributed by atoms with E-state index in [1.165, 1.54) is 38.1 Å². The molecule has 20 heavy (non-hydrogen) atoms. The Balaban J connectivity index is 2.61. The Bertz CT molecular complexity index is 489. The number of carbonyl (C=O) groups excluding carboxylic acids is 1. The minimum absolute atomic E-state index is 0.0446. The molecule has 0 saturated heterocycles. The highest BCUT2D eigenvalue weighted by atomic mass is 19.3. The van der Waals surface area contributed by atoms with E-state index >= 15 is 0 Å². The molecule has 0 spiro atoms. The maximum absolute atomic E-state index is 11.9. The Kier molecular flexibility index (Phi) is 4.84. The van der Waals surface area contributed by atoms with Gasteiger partial charge in [-0.3, -0.25) is 0 Å². The van der Waals surface area contributed by atoms with E-state index in [9.17, 15) is 18.4 Å². The molecule has 1 aromatic carbocycles. The molecular formula is C12H14F2N2O4. The van der Waals surface area contributed by atoms with Crippen molar-refractivity contribution in [2.24, 2.45) is 0 Å². The average molecular weight is 288 g/mol. The molecular weight excluding hydrogens is 274 g/mol. The summed E-state index contributed by atoms with van der Waals surface area (Å²) in [6, 6.07) is 4.49. The van der Waals surface area contributed by atoms with Gasteiger partial charge in [0.25, 0.3) is 0 Å². The lowest BCUT2D eigenvalue weighted by Gasteiger charge is -2.21. The molecule has 6 nitrogen and oxygen atoms in total. The molecule has 0 unspecified atom stereocenters. The van der Waals surface area contributed by atoms with Gasteiger partial charge in [-0.15, -0.1) is 0 Å². The highest BCUT2D eigenvalue weighted by Crippen LogP contribution is 2.17. The number of benzene rings is 1. The Morgan fingerprint density at radius 2 is 1.80 bits per heavy atom. The number of halogens is 2. The minimum Gasteiger partial charge on any atom is -0.480 e. The van der Waals surface area contributed by atoms with E-state index in [4.69, 9.17) is 5.11 Å². The van der Waals surface area contributed by atoms with Gasteiger partial charge < -0.3 is 20.5 Å². The average Bonchev–Trinajstić information content (AvgIpc) is 2.30. The quantitative estimate of drug-likeness (QED) is 0.775. The van der Waals surface area contributed by atoms with Crippen molar-refractivity contribution in [3.63, 3.8) is 0 Å². The van der Waals surface area contributed by atoms with Crippen molar-refractivity contribution in [3.8, 4) is 5.75 Å². The van der Waals surface area contributed by atoms with Crippen LogP contribution in [0.1, 0.15) is 13.8 Å². The Morgan fingerprint density at radius 1 is 1.25 bits per heavy atom. The zero-order valence-electron chi connectivity index (χ0n) is 10.8. The number of amides is 2. The second kappa shape index (κ2) is 6.18. The van der Waals surface area contributed by atoms with E-state index in [-0.39, 0.29) is 5.75 Å². The number of hydrogen-bond donors (Lipinski definition) is 3. The van der Waals surface area contributed by atoms with E-state index < -0.39 is 24.2 Å². The van der Waals surface area contributed by atoms with E-state index in [1.807, 2.05) is 0 Å². The third-order valence-electron chi connectivity index (χ3n) is 2.30. The van der Waals surface area contributed by atoms with Crippen LogP contribution in [-0.2, 0) is 4.79 Å². The summed E-state index contributed by atoms with van der Waals surface area (Å²) >= 11 is 0. The number of anilines is 1. The van der Waals surface area contributed by atoms with Gasteiger partial charge in [0.05, 0.1) is 0 Å². The number of hydrogen-bond acceptors (Lipinski definition) is 3. The molecule has 0 aliphatic rings. The van der Waals surface area contributed by atoms with Gasteiger partial charge in [-0.25, -0.2) is 9.59 Å². The van der Waals surface area contributed by atoms with Crippen molar-refractivity contribution in [3.05, 3.63) is 24.3 Å². The monoisotopic (exact) mass is 288 g/mol. The molecule has 0 aliphatic heterocycles. The summed E-state index contributed by atoms with van der Waals surface area (Å²) in [6.45, 7) is -0.267. The lowest BCUT2D eigenvalue weighted by Crippen LogP contribution is -2.51. The van der Waals surface area contributed by atoms with Crippen LogP contribution in [0.4, 0.5) is 19.3 Å². The van der Waals surface area contributed by atoms with E-state index in [0.29, 0.717) is 5.69 Å². The van der Waals surface area contributed by atoms with Crippen LogP contribution in [0, 0.1) is 0 Å². The minimum atomic E-state index is -2.92. The molecule has 1 rings (SSSR count). The lowest BCUT2D eigenvalue weighted by atomic mass is 10.1. The third-order valence-corrected chi connectivity index (χ3v) is 2.30. The molecule has 1 aromatic rings. The molecule has 3 N–H and O–H groups in total. The van der Waals surface area contributed by atoms with Crippen molar-refractivity contribution in [2.75, 3.05) is 5.32 Å². The first-order valence-corrected chi connectivity index (χ1v) is 5.58. The molecule has 0 heterocycles. The summed E-state index contributed by atoms with van der Waals surface area (Å²) < 4.78 is 28.0. The second-order valence-electron chi connectivity index (χ2n) is 4.41. The summed E-state index contributed by atoms with van der Waals surface area (Å²) in [7, 11) is 0. The smallest absolute Gasteiger partial charge is 0.387 e. The summed E-state index contributed by atoms with van der Waals surface area (Å²) in [4.78, 5) is 22.4. The van der Waals surface area contributed by atoms with Crippen LogP contribution in [0.2, 0.25) is 0 Å². The number of aliphatic carboxylic acids is 1. The highest BCUT2D eigenvalue weighted by Gasteiger charge is 2.28. The van der Waals surface area contributed by atoms with Crippen LogP contribution in [-0.4, -0.2) is 29.3 Å². The lowest BCUT2D eigenvalue weighted by molar-refractivity contribution is -0.142. The van der Waals surface area contributed by atoms with Gasteiger partial charge in [0, 0.05) is 5.69 Å². The van der Waals surface area contributed by atoms with Gasteiger partial charge in [-0.2, -0.15) is 8.78 Å². The molecule has 8 heteroatoms. The fourth-order valence-electron chi connectivity index (χ4n) is 1.22. The largest absolute Gasteiger partial charge is 0.480 e. The zero-order valence-corrected chi connectivity index (χ0v) is 10.8. The van der Waals surface area contributed by atoms with Crippen LogP contribution in [0.5, 0.6) is 5.75 Å². The van der Waals surface area contributed by atoms with Crippen LogP contribution in [0.15, 0.2) is 24.3 Å². The first-order chi connectivity index (χ1) is 9.20. The van der Waals surface area contributed by atoms with Crippen molar-refractivity contribution < 1.29 is 28.2 Å². The van der Waals surface area contributed by atoms with E-state index in [1.54, 1.807) is 0 Å². The Labute approximate surface area is 113 Å². The van der Waals surface area contributed by atoms with E-state index in [0.717, 1.165) is 0 Å². The maximum atomic E-state index is 11.9. The first-order valence-electron chi connectivity index (χ1n) is 5.58. The number of ether oxygens (including phenoxy) is 1. The highest BCUT2D eigenvalue weighted by molar-refractivity contribution is 5.93. The van der Waals surface area contributed by atoms with Gasteiger partial charge in [0.15, 0.2) is 0 Å². The zero-order chi connectivity index (χ0) is 15.3. The van der Waals surface area contributed by atoms with Crippen molar-refractivity contribution in [1.82, 2.24) is 5.32 Å². The van der Waals surface area contributed by atoms with Crippen molar-refractivity contribution in [1.29, 1.82) is 0 Å². The SMILES string of the molecule is CC(C)(NC(=O)Nc1ccc(OC(F)F)cc1)C(=O)O. The standard InChI is InChI=1S/C12H14F2N2O4/c1-12(2,9(17)18)16-11(19)15-7-3-5-8(6-4-7)20-10(13)14/h3-6,10H,1-2H3,(H,17,18)(H2,15,16,19). The molecule has 0 aliphatic carbocycles. The molecule has 0 aromatic heterocycles. The third kappa shape index (κ3) is 4.71. The summed E-state index contributed by atoms with van der Waals surface area (Å²) in [6.07, 6.45) is 0. The molecule has 0 radical (unpaired) electrons. The summed E-state index contributed by atoms with van der Waals surface area (Å²) in [5.74, 6) is -1.23. The van der Waals surface area contributed by atoms with Gasteiger partial charge in [0.1, 0.15) is 11.3 Å². The predicted molar refractivity (Wildman–Crippen MR) is 66.9 cm³/mol. The predicted octanol–water partition coefficient (Wildman–Crippen LogP) is 2.27. The number of urea groups is 1. The molecule has 0 saturated carbocycles. The number of rotatable bonds is 5. The molecule has 0 fully saturated rings. The number of carboxylic acids is 1. The molecule has 2 amide bonds. The van der Waals surface area contributed by atoms with Crippen LogP contribution < -0.4 is 15.4 Å². The van der Waals surface area contributed by atoms with Gasteiger partial charge in [-0.1, -0.05) is 0 Å². The van der Waals surface area contributed by atoms with Crippen LogP contribution >= 0.6 is 0 Å². The molecule has 0 bridgehead atoms. The van der Waals surface area contributed by atoms with Crippen LogP contribution in [0.3, 0.4) is 0 Å². The topological polar surface area (TPSA) is 87.7 Å². The van der Waals surface area contributed by atoms with Gasteiger partial charge in [0.2, 0.25) is 0 Å². The summed E-state index contributed by atoms with van der Waals surface area (Å²) in [5, 5.41) is 13.5. The number of alkyl halides is 2. The van der Waals surface area contributed by atoms with Crippen LogP contribution in [0.25, 0.3) is 0 Å². The second-order valence-corrected chi connectivity index (χ2v) is 4.41. The fourth-order valence-corrected chi connectivity index (χ4v) is 1.22. The normalized spacial score (nSPS) is 11.1. The Morgan fingerprint density at radius 3 is 2.25 bits per heavy atom. The maximum Gasteiger partial charge on any atom is 0.387 e. The fraction of sp³-hybridized carbons (Fsp3) is 0.333. The van der Waals surface area contributed by atoms with E-state index in [2.05, 4.69) is 15.4 Å².